The molecule has 0 bridgehead atoms. The van der Waals surface area contributed by atoms with E-state index in [2.05, 4.69) is 45.1 Å². The van der Waals surface area contributed by atoms with Crippen molar-refractivity contribution in [3.63, 3.8) is 0 Å². The van der Waals surface area contributed by atoms with Crippen molar-refractivity contribution in [2.24, 2.45) is 5.92 Å². The molecule has 0 aromatic carbocycles. The molecule has 312 valence electrons. The van der Waals surface area contributed by atoms with Gasteiger partial charge in [-0.1, -0.05) is 198 Å². The van der Waals surface area contributed by atoms with E-state index in [-0.39, 0.29) is 37.4 Å². The van der Waals surface area contributed by atoms with Gasteiger partial charge < -0.3 is 14.6 Å². The topological polar surface area (TPSA) is 89.9 Å². The molecular formula is C48H84O6. The third-order valence-electron chi connectivity index (χ3n) is 10.1. The number of rotatable bonds is 40. The van der Waals surface area contributed by atoms with Crippen molar-refractivity contribution in [1.82, 2.24) is 0 Å². The summed E-state index contributed by atoms with van der Waals surface area (Å²) in [6, 6.07) is 0. The Balaban J connectivity index is 3.51. The van der Waals surface area contributed by atoms with Gasteiger partial charge in [-0.3, -0.25) is 14.4 Å². The Kier molecular flexibility index (Phi) is 39.8. The van der Waals surface area contributed by atoms with Gasteiger partial charge in [0.25, 0.3) is 0 Å². The van der Waals surface area contributed by atoms with Gasteiger partial charge >= 0.3 is 11.9 Å². The molecule has 2 atom stereocenters. The number of esters is 2. The van der Waals surface area contributed by atoms with Crippen LogP contribution < -0.4 is 0 Å². The maximum Gasteiger partial charge on any atom is 0.305 e. The van der Waals surface area contributed by atoms with E-state index in [0.717, 1.165) is 63.7 Å². The minimum absolute atomic E-state index is 0.146. The van der Waals surface area contributed by atoms with Crippen LogP contribution in [-0.2, 0) is 23.9 Å². The van der Waals surface area contributed by atoms with Gasteiger partial charge in [0.15, 0.2) is 5.78 Å². The Hall–Kier alpha value is -2.47. The Bertz CT molecular complexity index is 980. The summed E-state index contributed by atoms with van der Waals surface area (Å²) in [6.07, 6.45) is 48.7. The molecule has 0 aromatic heterocycles. The zero-order valence-electron chi connectivity index (χ0n) is 35.4. The molecule has 0 saturated carbocycles. The lowest BCUT2D eigenvalue weighted by Crippen LogP contribution is -2.25. The fourth-order valence-electron chi connectivity index (χ4n) is 6.25. The van der Waals surface area contributed by atoms with Gasteiger partial charge in [-0.25, -0.2) is 0 Å². The van der Waals surface area contributed by atoms with Crippen LogP contribution in [0.5, 0.6) is 0 Å². The third kappa shape index (κ3) is 40.7. The molecule has 0 fully saturated rings. The van der Waals surface area contributed by atoms with Crippen LogP contribution in [0.2, 0.25) is 0 Å². The average molecular weight is 757 g/mol. The molecule has 1 unspecified atom stereocenters. The predicted molar refractivity (Wildman–Crippen MR) is 229 cm³/mol. The summed E-state index contributed by atoms with van der Waals surface area (Å²) in [5, 5.41) is 10.0. The minimum atomic E-state index is -1.00. The molecule has 0 aliphatic carbocycles. The lowest BCUT2D eigenvalue weighted by atomic mass is 9.99. The van der Waals surface area contributed by atoms with Gasteiger partial charge in [0.05, 0.1) is 0 Å². The van der Waals surface area contributed by atoms with Gasteiger partial charge in [-0.2, -0.15) is 0 Å². The summed E-state index contributed by atoms with van der Waals surface area (Å²) in [7, 11) is 0. The molecule has 0 rings (SSSR count). The normalized spacial score (nSPS) is 13.1. The number of ether oxygens (including phenoxy) is 2. The molecule has 0 aliphatic rings. The monoisotopic (exact) mass is 757 g/mol. The molecule has 54 heavy (non-hydrogen) atoms. The second kappa shape index (κ2) is 41.7. The summed E-state index contributed by atoms with van der Waals surface area (Å²) in [6.45, 7) is 6.50. The highest BCUT2D eigenvalue weighted by Crippen LogP contribution is 2.17. The molecule has 0 aliphatic heterocycles. The number of aliphatic hydroxyl groups is 1. The summed E-state index contributed by atoms with van der Waals surface area (Å²) in [5.74, 6) is 0.441. The molecule has 1 N–H and O–H groups in total. The van der Waals surface area contributed by atoms with Crippen LogP contribution in [0.1, 0.15) is 213 Å². The number of aliphatic hydroxyl groups excluding tert-OH is 1. The van der Waals surface area contributed by atoms with Gasteiger partial charge in [-0.05, 0) is 50.5 Å². The Morgan fingerprint density at radius 2 is 0.963 bits per heavy atom. The first-order valence-electron chi connectivity index (χ1n) is 22.5. The van der Waals surface area contributed by atoms with E-state index in [4.69, 9.17) is 9.47 Å². The number of hydrogen-bond donors (Lipinski definition) is 1. The lowest BCUT2D eigenvalue weighted by Gasteiger charge is -2.12. The van der Waals surface area contributed by atoms with Gasteiger partial charge in [0, 0.05) is 19.3 Å². The van der Waals surface area contributed by atoms with Crippen molar-refractivity contribution >= 4 is 17.7 Å². The van der Waals surface area contributed by atoms with Crippen LogP contribution in [-0.4, -0.2) is 42.1 Å². The first kappa shape index (κ1) is 51.5. The Morgan fingerprint density at radius 1 is 0.519 bits per heavy atom. The summed E-state index contributed by atoms with van der Waals surface area (Å²) in [4.78, 5) is 35.7. The van der Waals surface area contributed by atoms with Crippen molar-refractivity contribution < 1.29 is 29.0 Å². The highest BCUT2D eigenvalue weighted by molar-refractivity contribution is 5.89. The molecular weight excluding hydrogens is 673 g/mol. The van der Waals surface area contributed by atoms with Crippen LogP contribution >= 0.6 is 0 Å². The van der Waals surface area contributed by atoms with E-state index in [1.165, 1.54) is 109 Å². The highest BCUT2D eigenvalue weighted by atomic mass is 16.6. The smallest absolute Gasteiger partial charge is 0.305 e. The second-order valence-electron chi connectivity index (χ2n) is 15.5. The van der Waals surface area contributed by atoms with Gasteiger partial charge in [-0.15, -0.1) is 0 Å². The molecule has 0 aromatic rings. The molecule has 0 amide bonds. The van der Waals surface area contributed by atoms with Crippen molar-refractivity contribution in [2.75, 3.05) is 13.2 Å². The van der Waals surface area contributed by atoms with Crippen molar-refractivity contribution in [3.05, 3.63) is 48.6 Å². The van der Waals surface area contributed by atoms with Crippen LogP contribution in [0, 0.1) is 5.92 Å². The van der Waals surface area contributed by atoms with E-state index in [0.29, 0.717) is 19.3 Å². The van der Waals surface area contributed by atoms with Crippen LogP contribution in [0.4, 0.5) is 0 Å². The second-order valence-corrected chi connectivity index (χ2v) is 15.5. The highest BCUT2D eigenvalue weighted by Gasteiger charge is 2.12. The first-order valence-corrected chi connectivity index (χ1v) is 22.5. The maximum atomic E-state index is 12.0. The summed E-state index contributed by atoms with van der Waals surface area (Å²) >= 11 is 0. The number of carbonyl (C=O) groups excluding carboxylic acids is 3. The Morgan fingerprint density at radius 3 is 1.48 bits per heavy atom. The Labute approximate surface area is 333 Å². The van der Waals surface area contributed by atoms with Crippen LogP contribution in [0.15, 0.2) is 48.6 Å². The number of hydrogen-bond acceptors (Lipinski definition) is 6. The quantitative estimate of drug-likeness (QED) is 0.0220. The van der Waals surface area contributed by atoms with Gasteiger partial charge in [0.2, 0.25) is 0 Å². The van der Waals surface area contributed by atoms with E-state index >= 15 is 0 Å². The lowest BCUT2D eigenvalue weighted by molar-refractivity contribution is -0.152. The van der Waals surface area contributed by atoms with Crippen molar-refractivity contribution in [1.29, 1.82) is 0 Å². The number of unbranched alkanes of at least 4 members (excludes halogenated alkanes) is 20. The SMILES string of the molecule is CCCCCC(=O)/C=C/C=C\C/C=C\C/C=C\CCCC(=O)OC[C@@H](O)COC(=O)CCCCCCCCCCCCCCCCCCCCC(C)CC. The number of ketones is 1. The largest absolute Gasteiger partial charge is 0.463 e. The van der Waals surface area contributed by atoms with E-state index < -0.39 is 6.10 Å². The molecule has 0 radical (unpaired) electrons. The fourth-order valence-corrected chi connectivity index (χ4v) is 6.25. The van der Waals surface area contributed by atoms with Gasteiger partial charge in [0.1, 0.15) is 19.3 Å². The van der Waals surface area contributed by atoms with E-state index in [1.807, 2.05) is 18.2 Å². The summed E-state index contributed by atoms with van der Waals surface area (Å²) in [5.41, 5.74) is 0. The number of carbonyl (C=O) groups is 3. The number of allylic oxidation sites excluding steroid dienone is 8. The minimum Gasteiger partial charge on any atom is -0.463 e. The van der Waals surface area contributed by atoms with Crippen molar-refractivity contribution in [2.45, 2.75) is 219 Å². The third-order valence-corrected chi connectivity index (χ3v) is 10.1. The average Bonchev–Trinajstić information content (AvgIpc) is 3.17. The molecule has 6 nitrogen and oxygen atoms in total. The van der Waals surface area contributed by atoms with E-state index in [1.54, 1.807) is 6.08 Å². The maximum absolute atomic E-state index is 12.0. The van der Waals surface area contributed by atoms with Crippen LogP contribution in [0.3, 0.4) is 0 Å². The van der Waals surface area contributed by atoms with Crippen LogP contribution in [0.25, 0.3) is 0 Å². The van der Waals surface area contributed by atoms with E-state index in [9.17, 15) is 19.5 Å². The standard InChI is InChI=1S/C48H84O6/c1-4-6-32-38-45(49)39-34-29-25-21-17-15-19-23-27-31-36-41-48(52)54-43-46(50)42-53-47(51)40-35-30-26-22-18-14-12-10-8-7-9-11-13-16-20-24-28-33-37-44(3)5-2/h15,17,23,25,27,29,34,39,44,46,50H,4-14,16,18-22,24,26,28,30-33,35-38,40-43H2,1-3H3/b17-15-,27-23-,29-25-,39-34+/t44?,46-/m0/s1. The first-order chi connectivity index (χ1) is 26.4. The molecule has 0 saturated heterocycles. The zero-order chi connectivity index (χ0) is 39.6. The van der Waals surface area contributed by atoms with Crippen molar-refractivity contribution in [3.8, 4) is 0 Å². The zero-order valence-corrected chi connectivity index (χ0v) is 35.4. The molecule has 0 spiro atoms. The molecule has 0 heterocycles. The predicted octanol–water partition coefficient (Wildman–Crippen LogP) is 13.6. The molecule has 6 heteroatoms. The summed E-state index contributed by atoms with van der Waals surface area (Å²) < 4.78 is 10.3. The fraction of sp³-hybridized carbons (Fsp3) is 0.771.